The molecule has 0 saturated heterocycles. The van der Waals surface area contributed by atoms with Crippen LogP contribution in [0, 0.1) is 6.92 Å². The fourth-order valence-electron chi connectivity index (χ4n) is 2.86. The molecule has 1 unspecified atom stereocenters. The molecule has 2 aromatic rings. The van der Waals surface area contributed by atoms with Gasteiger partial charge in [-0.05, 0) is 38.5 Å². The van der Waals surface area contributed by atoms with Gasteiger partial charge in [-0.15, -0.1) is 11.8 Å². The summed E-state index contributed by atoms with van der Waals surface area (Å²) in [5.74, 6) is 1.83. The van der Waals surface area contributed by atoms with Crippen LogP contribution >= 0.6 is 11.8 Å². The minimum absolute atomic E-state index is 0.0554. The first-order valence-corrected chi connectivity index (χ1v) is 9.50. The number of thioether (sulfide) groups is 1. The largest absolute Gasteiger partial charge is 0.492 e. The molecule has 132 valence electrons. The zero-order valence-electron chi connectivity index (χ0n) is 14.8. The molecule has 0 bridgehead atoms. The maximum Gasteiger partial charge on any atom is 0.234 e. The van der Waals surface area contributed by atoms with Gasteiger partial charge in [0.1, 0.15) is 17.6 Å². The van der Waals surface area contributed by atoms with Crippen LogP contribution in [0.4, 0.5) is 5.69 Å². The summed E-state index contributed by atoms with van der Waals surface area (Å²) in [5.41, 5.74) is 2.98. The Balaban J connectivity index is 1.70. The van der Waals surface area contributed by atoms with Crippen molar-refractivity contribution < 1.29 is 14.3 Å². The van der Waals surface area contributed by atoms with Crippen LogP contribution in [0.3, 0.4) is 0 Å². The van der Waals surface area contributed by atoms with Gasteiger partial charge < -0.3 is 14.8 Å². The second kappa shape index (κ2) is 7.83. The van der Waals surface area contributed by atoms with Gasteiger partial charge in [-0.25, -0.2) is 0 Å². The Morgan fingerprint density at radius 1 is 1.36 bits per heavy atom. The van der Waals surface area contributed by atoms with E-state index in [1.165, 1.54) is 17.3 Å². The zero-order valence-corrected chi connectivity index (χ0v) is 15.6. The molecule has 4 nitrogen and oxygen atoms in total. The van der Waals surface area contributed by atoms with E-state index in [2.05, 4.69) is 5.32 Å². The third kappa shape index (κ3) is 4.28. The number of hydrogen-bond donors (Lipinski definition) is 1. The Morgan fingerprint density at radius 2 is 2.16 bits per heavy atom. The van der Waals surface area contributed by atoms with Crippen LogP contribution in [-0.4, -0.2) is 24.4 Å². The van der Waals surface area contributed by atoms with Crippen LogP contribution in [0.2, 0.25) is 0 Å². The lowest BCUT2D eigenvalue weighted by molar-refractivity contribution is -0.113. The van der Waals surface area contributed by atoms with Crippen LogP contribution in [0.15, 0.2) is 41.3 Å². The molecular formula is C20H23NO3S. The van der Waals surface area contributed by atoms with Gasteiger partial charge in [0.15, 0.2) is 0 Å². The minimum atomic E-state index is -0.0554. The Hall–Kier alpha value is -2.14. The van der Waals surface area contributed by atoms with Gasteiger partial charge in [-0.1, -0.05) is 18.2 Å². The third-order valence-electron chi connectivity index (χ3n) is 4.02. The summed E-state index contributed by atoms with van der Waals surface area (Å²) in [4.78, 5) is 13.5. The number of amides is 1. The molecule has 3 rings (SSSR count). The topological polar surface area (TPSA) is 47.6 Å². The van der Waals surface area contributed by atoms with Crippen molar-refractivity contribution in [3.63, 3.8) is 0 Å². The summed E-state index contributed by atoms with van der Waals surface area (Å²) in [6, 6.07) is 11.9. The monoisotopic (exact) mass is 357 g/mol. The predicted molar refractivity (Wildman–Crippen MR) is 102 cm³/mol. The van der Waals surface area contributed by atoms with Crippen molar-refractivity contribution in [1.29, 1.82) is 0 Å². The number of rotatable bonds is 6. The number of nitrogens with one attached hydrogen (secondary N) is 1. The van der Waals surface area contributed by atoms with Crippen molar-refractivity contribution in [2.75, 3.05) is 17.7 Å². The molecule has 5 heteroatoms. The lowest BCUT2D eigenvalue weighted by Gasteiger charge is -2.13. The van der Waals surface area contributed by atoms with Crippen LogP contribution in [0.5, 0.6) is 11.5 Å². The van der Waals surface area contributed by atoms with E-state index < -0.39 is 0 Å². The lowest BCUT2D eigenvalue weighted by atomic mass is 10.1. The van der Waals surface area contributed by atoms with Crippen molar-refractivity contribution in [3.8, 4) is 11.5 Å². The number of aryl methyl sites for hydroxylation is 1. The molecule has 0 fully saturated rings. The quantitative estimate of drug-likeness (QED) is 0.776. The van der Waals surface area contributed by atoms with Crippen LogP contribution in [-0.2, 0) is 11.2 Å². The summed E-state index contributed by atoms with van der Waals surface area (Å²) >= 11 is 1.54. The summed E-state index contributed by atoms with van der Waals surface area (Å²) in [6.45, 7) is 6.58. The average molecular weight is 357 g/mol. The van der Waals surface area contributed by atoms with E-state index in [1.54, 1.807) is 0 Å². The maximum atomic E-state index is 12.4. The normalized spacial score (nSPS) is 15.4. The molecule has 0 spiro atoms. The van der Waals surface area contributed by atoms with Crippen LogP contribution < -0.4 is 14.8 Å². The summed E-state index contributed by atoms with van der Waals surface area (Å²) in [7, 11) is 0. The fraction of sp³-hybridized carbons (Fsp3) is 0.350. The van der Waals surface area contributed by atoms with Gasteiger partial charge in [0.2, 0.25) is 5.91 Å². The van der Waals surface area contributed by atoms with Crippen molar-refractivity contribution in [3.05, 3.63) is 47.5 Å². The summed E-state index contributed by atoms with van der Waals surface area (Å²) < 4.78 is 11.5. The minimum Gasteiger partial charge on any atom is -0.492 e. The third-order valence-corrected chi connectivity index (χ3v) is 5.20. The highest BCUT2D eigenvalue weighted by Crippen LogP contribution is 2.38. The molecule has 1 aliphatic heterocycles. The lowest BCUT2D eigenvalue weighted by Crippen LogP contribution is -2.15. The molecule has 1 heterocycles. The van der Waals surface area contributed by atoms with Gasteiger partial charge in [0.25, 0.3) is 0 Å². The number of hydrogen-bond acceptors (Lipinski definition) is 4. The van der Waals surface area contributed by atoms with Gasteiger partial charge in [-0.2, -0.15) is 0 Å². The molecular weight excluding hydrogens is 334 g/mol. The molecule has 1 atom stereocenters. The highest BCUT2D eigenvalue weighted by atomic mass is 32.2. The van der Waals surface area contributed by atoms with Crippen molar-refractivity contribution in [2.24, 2.45) is 0 Å². The molecule has 1 N–H and O–H groups in total. The Labute approximate surface area is 152 Å². The fourth-order valence-corrected chi connectivity index (χ4v) is 3.69. The van der Waals surface area contributed by atoms with Crippen molar-refractivity contribution >= 4 is 23.4 Å². The molecule has 1 amide bonds. The van der Waals surface area contributed by atoms with Crippen molar-refractivity contribution in [2.45, 2.75) is 38.2 Å². The van der Waals surface area contributed by atoms with Gasteiger partial charge >= 0.3 is 0 Å². The molecule has 0 radical (unpaired) electrons. The molecule has 0 aromatic heterocycles. The Kier molecular flexibility index (Phi) is 5.53. The highest BCUT2D eigenvalue weighted by Gasteiger charge is 2.22. The number of ether oxygens (including phenoxy) is 2. The first kappa shape index (κ1) is 17.7. The van der Waals surface area contributed by atoms with Gasteiger partial charge in [0, 0.05) is 22.9 Å². The number of carbonyl (C=O) groups is 1. The number of fused-ring (bicyclic) bond motifs is 1. The predicted octanol–water partition coefficient (Wildman–Crippen LogP) is 4.45. The average Bonchev–Trinajstić information content (AvgIpc) is 2.93. The summed E-state index contributed by atoms with van der Waals surface area (Å²) in [6.07, 6.45) is 1.03. The molecule has 0 aliphatic carbocycles. The molecule has 1 aliphatic rings. The zero-order chi connectivity index (χ0) is 17.8. The first-order valence-electron chi connectivity index (χ1n) is 8.51. The van der Waals surface area contributed by atoms with Crippen LogP contribution in [0.25, 0.3) is 0 Å². The number of carbonyl (C=O) groups excluding carboxylic acids is 1. The summed E-state index contributed by atoms with van der Waals surface area (Å²) in [5, 5.41) is 2.96. The van der Waals surface area contributed by atoms with E-state index in [1.807, 2.05) is 57.2 Å². The molecule has 0 saturated carbocycles. The Bertz CT molecular complexity index is 776. The van der Waals surface area contributed by atoms with Gasteiger partial charge in [-0.3, -0.25) is 4.79 Å². The van der Waals surface area contributed by atoms with Crippen LogP contribution in [0.1, 0.15) is 25.0 Å². The van der Waals surface area contributed by atoms with E-state index in [0.29, 0.717) is 23.8 Å². The first-order chi connectivity index (χ1) is 12.1. The number of anilines is 1. The second-order valence-corrected chi connectivity index (χ2v) is 7.14. The van der Waals surface area contributed by atoms with E-state index in [0.717, 1.165) is 22.6 Å². The molecule has 25 heavy (non-hydrogen) atoms. The van der Waals surface area contributed by atoms with E-state index in [9.17, 15) is 4.79 Å². The molecule has 2 aromatic carbocycles. The van der Waals surface area contributed by atoms with E-state index in [4.69, 9.17) is 9.47 Å². The smallest absolute Gasteiger partial charge is 0.234 e. The van der Waals surface area contributed by atoms with Crippen molar-refractivity contribution in [1.82, 2.24) is 0 Å². The number of benzene rings is 2. The SMILES string of the molecule is CCOc1cc2c(cc1NC(=O)CSc1ccccc1C)OC(C)C2. The highest BCUT2D eigenvalue weighted by molar-refractivity contribution is 8.00. The standard InChI is InChI=1S/C20H23NO3S/c1-4-23-18-10-15-9-14(3)24-17(15)11-16(18)21-20(22)12-25-19-8-6-5-7-13(19)2/h5-8,10-11,14H,4,9,12H2,1-3H3,(H,21,22). The van der Waals surface area contributed by atoms with E-state index >= 15 is 0 Å². The van der Waals surface area contributed by atoms with Gasteiger partial charge in [0.05, 0.1) is 18.0 Å². The maximum absolute atomic E-state index is 12.4. The van der Waals surface area contributed by atoms with E-state index in [-0.39, 0.29) is 12.0 Å². The second-order valence-electron chi connectivity index (χ2n) is 6.12. The Morgan fingerprint density at radius 3 is 2.92 bits per heavy atom.